The van der Waals surface area contributed by atoms with Gasteiger partial charge in [-0.3, -0.25) is 0 Å². The summed E-state index contributed by atoms with van der Waals surface area (Å²) in [6.45, 7) is 3.97. The summed E-state index contributed by atoms with van der Waals surface area (Å²) in [6.07, 6.45) is 0. The number of benzene rings is 1. The molecule has 0 spiro atoms. The maximum Gasteiger partial charge on any atom is 0.121 e. The van der Waals surface area contributed by atoms with Crippen LogP contribution in [0.15, 0.2) is 18.2 Å². The summed E-state index contributed by atoms with van der Waals surface area (Å²) >= 11 is 0. The van der Waals surface area contributed by atoms with Crippen molar-refractivity contribution in [2.45, 2.75) is 6.61 Å². The van der Waals surface area contributed by atoms with Crippen molar-refractivity contribution in [2.75, 3.05) is 38.1 Å². The van der Waals surface area contributed by atoms with Gasteiger partial charge in [0.05, 0.1) is 6.61 Å². The molecule has 0 saturated carbocycles. The molecule has 0 aromatic heterocycles. The van der Waals surface area contributed by atoms with E-state index in [0.717, 1.165) is 31.9 Å². The van der Waals surface area contributed by atoms with Crippen molar-refractivity contribution >= 4 is 5.69 Å². The maximum atomic E-state index is 9.49. The van der Waals surface area contributed by atoms with E-state index in [1.54, 1.807) is 6.07 Å². The number of hydrogen-bond donors (Lipinski definition) is 2. The predicted molar refractivity (Wildman–Crippen MR) is 63.7 cm³/mol. The van der Waals surface area contributed by atoms with Gasteiger partial charge in [0, 0.05) is 37.4 Å². The second-order valence-electron chi connectivity index (χ2n) is 4.26. The number of hydrogen-bond acceptors (Lipinski definition) is 4. The SMILES string of the molecule is CN1CCN(c2ccc(O)c(CO)c2)CC1. The van der Waals surface area contributed by atoms with Crippen LogP contribution in [0.4, 0.5) is 5.69 Å². The predicted octanol–water partition coefficient (Wildman–Crippen LogP) is 0.636. The molecular formula is C12H18N2O2. The van der Waals surface area contributed by atoms with Crippen molar-refractivity contribution in [3.8, 4) is 5.75 Å². The van der Waals surface area contributed by atoms with Crippen molar-refractivity contribution in [2.24, 2.45) is 0 Å². The van der Waals surface area contributed by atoms with Crippen molar-refractivity contribution in [1.82, 2.24) is 4.90 Å². The first-order valence-electron chi connectivity index (χ1n) is 5.57. The second kappa shape index (κ2) is 4.72. The minimum Gasteiger partial charge on any atom is -0.508 e. The lowest BCUT2D eigenvalue weighted by atomic mass is 10.1. The van der Waals surface area contributed by atoms with Gasteiger partial charge in [-0.1, -0.05) is 0 Å². The molecule has 0 atom stereocenters. The van der Waals surface area contributed by atoms with Gasteiger partial charge in [-0.05, 0) is 25.2 Å². The third kappa shape index (κ3) is 2.28. The molecule has 88 valence electrons. The quantitative estimate of drug-likeness (QED) is 0.771. The van der Waals surface area contributed by atoms with Gasteiger partial charge in [0.1, 0.15) is 5.75 Å². The molecule has 2 N–H and O–H groups in total. The molecule has 1 aromatic carbocycles. The standard InChI is InChI=1S/C12H18N2O2/c1-13-4-6-14(7-5-13)11-2-3-12(16)10(8-11)9-15/h2-3,8,15-16H,4-7,9H2,1H3. The average Bonchev–Trinajstić information content (AvgIpc) is 2.31. The summed E-state index contributed by atoms with van der Waals surface area (Å²) in [5.41, 5.74) is 1.67. The van der Waals surface area contributed by atoms with Crippen LogP contribution in [0.5, 0.6) is 5.75 Å². The van der Waals surface area contributed by atoms with Crippen LogP contribution in [0.2, 0.25) is 0 Å². The van der Waals surface area contributed by atoms with Gasteiger partial charge >= 0.3 is 0 Å². The highest BCUT2D eigenvalue weighted by Crippen LogP contribution is 2.24. The summed E-state index contributed by atoms with van der Waals surface area (Å²) in [6, 6.07) is 5.42. The van der Waals surface area contributed by atoms with E-state index in [4.69, 9.17) is 5.11 Å². The molecule has 1 fully saturated rings. The average molecular weight is 222 g/mol. The fourth-order valence-electron chi connectivity index (χ4n) is 1.96. The van der Waals surface area contributed by atoms with Gasteiger partial charge in [0.25, 0.3) is 0 Å². The van der Waals surface area contributed by atoms with Gasteiger partial charge in [-0.25, -0.2) is 0 Å². The smallest absolute Gasteiger partial charge is 0.121 e. The Morgan fingerprint density at radius 1 is 1.19 bits per heavy atom. The largest absolute Gasteiger partial charge is 0.508 e. The van der Waals surface area contributed by atoms with E-state index in [-0.39, 0.29) is 12.4 Å². The van der Waals surface area contributed by atoms with Gasteiger partial charge in [0.2, 0.25) is 0 Å². The molecule has 1 aliphatic heterocycles. The Bertz CT molecular complexity index is 360. The minimum absolute atomic E-state index is 0.118. The van der Waals surface area contributed by atoms with E-state index in [1.165, 1.54) is 0 Å². The summed E-state index contributed by atoms with van der Waals surface area (Å²) < 4.78 is 0. The molecule has 16 heavy (non-hydrogen) atoms. The zero-order chi connectivity index (χ0) is 11.5. The maximum absolute atomic E-state index is 9.49. The van der Waals surface area contributed by atoms with E-state index < -0.39 is 0 Å². The molecule has 1 aromatic rings. The number of piperazine rings is 1. The molecule has 0 radical (unpaired) electrons. The number of likely N-dealkylation sites (N-methyl/N-ethyl adjacent to an activating group) is 1. The van der Waals surface area contributed by atoms with Crippen LogP contribution in [0.3, 0.4) is 0 Å². The number of rotatable bonds is 2. The monoisotopic (exact) mass is 222 g/mol. The highest BCUT2D eigenvalue weighted by atomic mass is 16.3. The Morgan fingerprint density at radius 3 is 2.50 bits per heavy atom. The molecule has 0 bridgehead atoms. The topological polar surface area (TPSA) is 46.9 Å². The normalized spacial score (nSPS) is 17.8. The zero-order valence-electron chi connectivity index (χ0n) is 9.56. The number of phenols is 1. The molecule has 0 amide bonds. The highest BCUT2D eigenvalue weighted by Gasteiger charge is 2.15. The van der Waals surface area contributed by atoms with Crippen molar-refractivity contribution in [1.29, 1.82) is 0 Å². The van der Waals surface area contributed by atoms with Crippen LogP contribution in [-0.2, 0) is 6.61 Å². The van der Waals surface area contributed by atoms with E-state index >= 15 is 0 Å². The van der Waals surface area contributed by atoms with Crippen LogP contribution in [0.25, 0.3) is 0 Å². The Balaban J connectivity index is 2.14. The minimum atomic E-state index is -0.118. The Kier molecular flexibility index (Phi) is 3.31. The molecular weight excluding hydrogens is 204 g/mol. The summed E-state index contributed by atoms with van der Waals surface area (Å²) in [5.74, 6) is 0.167. The molecule has 1 aliphatic rings. The van der Waals surface area contributed by atoms with Crippen LogP contribution in [0, 0.1) is 0 Å². The van der Waals surface area contributed by atoms with Gasteiger partial charge < -0.3 is 20.0 Å². The van der Waals surface area contributed by atoms with E-state index in [1.807, 2.05) is 12.1 Å². The van der Waals surface area contributed by atoms with Gasteiger partial charge in [-0.15, -0.1) is 0 Å². The number of aromatic hydroxyl groups is 1. The highest BCUT2D eigenvalue weighted by molar-refractivity contribution is 5.53. The van der Waals surface area contributed by atoms with Crippen LogP contribution >= 0.6 is 0 Å². The lowest BCUT2D eigenvalue weighted by Crippen LogP contribution is -2.44. The zero-order valence-corrected chi connectivity index (χ0v) is 9.56. The molecule has 2 rings (SSSR count). The number of nitrogens with zero attached hydrogens (tertiary/aromatic N) is 2. The molecule has 1 saturated heterocycles. The molecule has 0 unspecified atom stereocenters. The van der Waals surface area contributed by atoms with Crippen molar-refractivity contribution in [3.05, 3.63) is 23.8 Å². The van der Waals surface area contributed by atoms with Crippen molar-refractivity contribution in [3.63, 3.8) is 0 Å². The third-order valence-electron chi connectivity index (χ3n) is 3.10. The third-order valence-corrected chi connectivity index (χ3v) is 3.10. The Labute approximate surface area is 95.7 Å². The van der Waals surface area contributed by atoms with Gasteiger partial charge in [-0.2, -0.15) is 0 Å². The fourth-order valence-corrected chi connectivity index (χ4v) is 1.96. The molecule has 0 aliphatic carbocycles. The summed E-state index contributed by atoms with van der Waals surface area (Å²) in [7, 11) is 2.12. The molecule has 4 nitrogen and oxygen atoms in total. The van der Waals surface area contributed by atoms with Crippen LogP contribution < -0.4 is 4.90 Å². The lowest BCUT2D eigenvalue weighted by Gasteiger charge is -2.34. The fraction of sp³-hybridized carbons (Fsp3) is 0.500. The first-order valence-corrected chi connectivity index (χ1v) is 5.57. The molecule has 1 heterocycles. The number of aliphatic hydroxyl groups is 1. The Morgan fingerprint density at radius 2 is 1.88 bits per heavy atom. The Hall–Kier alpha value is -1.26. The van der Waals surface area contributed by atoms with Crippen LogP contribution in [-0.4, -0.2) is 48.3 Å². The molecule has 4 heteroatoms. The lowest BCUT2D eigenvalue weighted by molar-refractivity contribution is 0.275. The summed E-state index contributed by atoms with van der Waals surface area (Å²) in [5, 5.41) is 18.6. The first kappa shape index (κ1) is 11.2. The van der Waals surface area contributed by atoms with E-state index in [0.29, 0.717) is 5.56 Å². The number of anilines is 1. The number of aliphatic hydroxyl groups excluding tert-OH is 1. The summed E-state index contributed by atoms with van der Waals surface area (Å²) in [4.78, 5) is 4.57. The van der Waals surface area contributed by atoms with E-state index in [9.17, 15) is 5.11 Å². The van der Waals surface area contributed by atoms with E-state index in [2.05, 4.69) is 16.8 Å². The first-order chi connectivity index (χ1) is 7.70. The van der Waals surface area contributed by atoms with Gasteiger partial charge in [0.15, 0.2) is 0 Å². The van der Waals surface area contributed by atoms with Crippen LogP contribution in [0.1, 0.15) is 5.56 Å². The van der Waals surface area contributed by atoms with Crippen molar-refractivity contribution < 1.29 is 10.2 Å². The second-order valence-corrected chi connectivity index (χ2v) is 4.26.